The first kappa shape index (κ1) is 15.0. The molecule has 0 spiro atoms. The first-order valence-corrected chi connectivity index (χ1v) is 6.06. The monoisotopic (exact) mass is 273 g/mol. The molecule has 1 aliphatic heterocycles. The van der Waals surface area contributed by atoms with Crippen LogP contribution in [0.2, 0.25) is 0 Å². The quantitative estimate of drug-likeness (QED) is 0.859. The molecule has 5 nitrogen and oxygen atoms in total. The fraction of sp³-hybridized carbons (Fsp3) is 0.667. The number of carbonyl (C=O) groups is 1. The maximum atomic E-state index is 12.0. The summed E-state index contributed by atoms with van der Waals surface area (Å²) in [6, 6.07) is 0.470. The molecular weight excluding hydrogens is 254 g/mol. The van der Waals surface area contributed by atoms with Crippen molar-refractivity contribution in [2.45, 2.75) is 45.7 Å². The zero-order chi connectivity index (χ0) is 12.4. The Morgan fingerprint density at radius 1 is 1.50 bits per heavy atom. The van der Waals surface area contributed by atoms with Crippen LogP contribution >= 0.6 is 12.4 Å². The van der Waals surface area contributed by atoms with E-state index < -0.39 is 0 Å². The van der Waals surface area contributed by atoms with Crippen LogP contribution in [0.1, 0.15) is 41.9 Å². The molecule has 0 saturated carbocycles. The van der Waals surface area contributed by atoms with E-state index in [4.69, 9.17) is 4.42 Å². The molecule has 2 heterocycles. The van der Waals surface area contributed by atoms with E-state index in [1.54, 1.807) is 13.8 Å². The van der Waals surface area contributed by atoms with Crippen LogP contribution in [0.3, 0.4) is 0 Å². The summed E-state index contributed by atoms with van der Waals surface area (Å²) in [4.78, 5) is 16.1. The third-order valence-electron chi connectivity index (χ3n) is 3.19. The highest BCUT2D eigenvalue weighted by Crippen LogP contribution is 2.12. The van der Waals surface area contributed by atoms with Gasteiger partial charge in [-0.25, -0.2) is 4.98 Å². The fourth-order valence-electron chi connectivity index (χ4n) is 2.22. The lowest BCUT2D eigenvalue weighted by Crippen LogP contribution is -2.51. The number of rotatable bonds is 2. The zero-order valence-electron chi connectivity index (χ0n) is 10.9. The highest BCUT2D eigenvalue weighted by molar-refractivity contribution is 5.92. The van der Waals surface area contributed by atoms with Crippen LogP contribution in [0.25, 0.3) is 0 Å². The van der Waals surface area contributed by atoms with Crippen LogP contribution in [0, 0.1) is 13.8 Å². The van der Waals surface area contributed by atoms with Gasteiger partial charge >= 0.3 is 0 Å². The minimum absolute atomic E-state index is 0. The van der Waals surface area contributed by atoms with E-state index in [1.165, 1.54) is 0 Å². The Hall–Kier alpha value is -1.07. The molecule has 0 radical (unpaired) electrons. The van der Waals surface area contributed by atoms with E-state index in [-0.39, 0.29) is 24.4 Å². The number of aromatic nitrogens is 1. The van der Waals surface area contributed by atoms with Crippen LogP contribution in [-0.4, -0.2) is 29.5 Å². The van der Waals surface area contributed by atoms with Gasteiger partial charge in [0.2, 0.25) is 5.76 Å². The summed E-state index contributed by atoms with van der Waals surface area (Å²) in [5, 5.41) is 6.35. The summed E-state index contributed by atoms with van der Waals surface area (Å²) in [6.07, 6.45) is 2.09. The van der Waals surface area contributed by atoms with Gasteiger partial charge in [-0.2, -0.15) is 0 Å². The SMILES string of the molecule is Cc1nc(C)c(C(=O)NC2CCCNC2C)o1.Cl. The zero-order valence-corrected chi connectivity index (χ0v) is 11.8. The van der Waals surface area contributed by atoms with E-state index in [0.717, 1.165) is 19.4 Å². The number of aryl methyl sites for hydroxylation is 2. The van der Waals surface area contributed by atoms with Gasteiger partial charge in [-0.1, -0.05) is 0 Å². The standard InChI is InChI=1S/C12H19N3O2.ClH/c1-7-10(5-4-6-13-7)15-12(16)11-8(2)14-9(3)17-11;/h7,10,13H,4-6H2,1-3H3,(H,15,16);1H. The van der Waals surface area contributed by atoms with Crippen molar-refractivity contribution < 1.29 is 9.21 Å². The number of piperidine rings is 1. The largest absolute Gasteiger partial charge is 0.436 e. The molecule has 18 heavy (non-hydrogen) atoms. The summed E-state index contributed by atoms with van der Waals surface area (Å²) >= 11 is 0. The number of amides is 1. The Morgan fingerprint density at radius 3 is 2.78 bits per heavy atom. The molecule has 1 aliphatic rings. The minimum Gasteiger partial charge on any atom is -0.436 e. The van der Waals surface area contributed by atoms with Gasteiger partial charge in [0.05, 0.1) is 5.69 Å². The third-order valence-corrected chi connectivity index (χ3v) is 3.19. The first-order valence-electron chi connectivity index (χ1n) is 6.06. The average molecular weight is 274 g/mol. The molecule has 2 N–H and O–H groups in total. The Labute approximate surface area is 113 Å². The molecule has 102 valence electrons. The fourth-order valence-corrected chi connectivity index (χ4v) is 2.22. The van der Waals surface area contributed by atoms with Crippen molar-refractivity contribution in [2.24, 2.45) is 0 Å². The highest BCUT2D eigenvalue weighted by atomic mass is 35.5. The van der Waals surface area contributed by atoms with Crippen LogP contribution in [0.4, 0.5) is 0 Å². The predicted octanol–water partition coefficient (Wildman–Crippen LogP) is 1.58. The van der Waals surface area contributed by atoms with Crippen molar-refractivity contribution in [3.63, 3.8) is 0 Å². The van der Waals surface area contributed by atoms with Gasteiger partial charge < -0.3 is 15.1 Å². The Morgan fingerprint density at radius 2 is 2.22 bits per heavy atom. The number of carbonyl (C=O) groups excluding carboxylic acids is 1. The molecule has 0 aliphatic carbocycles. The summed E-state index contributed by atoms with van der Waals surface area (Å²) in [6.45, 7) is 6.64. The maximum absolute atomic E-state index is 12.0. The third kappa shape index (κ3) is 3.23. The number of nitrogens with zero attached hydrogens (tertiary/aromatic N) is 1. The van der Waals surface area contributed by atoms with Gasteiger partial charge in [-0.3, -0.25) is 4.79 Å². The van der Waals surface area contributed by atoms with Crippen molar-refractivity contribution in [3.05, 3.63) is 17.3 Å². The lowest BCUT2D eigenvalue weighted by molar-refractivity contribution is 0.0889. The van der Waals surface area contributed by atoms with Gasteiger partial charge in [0.15, 0.2) is 5.89 Å². The summed E-state index contributed by atoms with van der Waals surface area (Å²) in [5.41, 5.74) is 0.649. The second-order valence-electron chi connectivity index (χ2n) is 4.61. The average Bonchev–Trinajstić information content (AvgIpc) is 2.61. The molecule has 2 atom stereocenters. The molecule has 1 fully saturated rings. The Kier molecular flexibility index (Phi) is 5.16. The van der Waals surface area contributed by atoms with E-state index in [9.17, 15) is 4.79 Å². The van der Waals surface area contributed by atoms with Gasteiger partial charge in [0.25, 0.3) is 5.91 Å². The predicted molar refractivity (Wildman–Crippen MR) is 71.2 cm³/mol. The molecule has 6 heteroatoms. The smallest absolute Gasteiger partial charge is 0.289 e. The lowest BCUT2D eigenvalue weighted by atomic mass is 10.00. The normalized spacial score (nSPS) is 23.3. The summed E-state index contributed by atoms with van der Waals surface area (Å²) in [5.74, 6) is 0.700. The minimum atomic E-state index is -0.163. The van der Waals surface area contributed by atoms with Crippen LogP contribution in [0.5, 0.6) is 0 Å². The summed E-state index contributed by atoms with van der Waals surface area (Å²) in [7, 11) is 0. The second-order valence-corrected chi connectivity index (χ2v) is 4.61. The Balaban J connectivity index is 0.00000162. The number of hydrogen-bond acceptors (Lipinski definition) is 4. The van der Waals surface area contributed by atoms with Crippen molar-refractivity contribution in [1.29, 1.82) is 0 Å². The van der Waals surface area contributed by atoms with E-state index in [2.05, 4.69) is 22.5 Å². The molecule has 0 bridgehead atoms. The van der Waals surface area contributed by atoms with Crippen molar-refractivity contribution in [3.8, 4) is 0 Å². The molecule has 1 saturated heterocycles. The van der Waals surface area contributed by atoms with Crippen LogP contribution < -0.4 is 10.6 Å². The number of halogens is 1. The van der Waals surface area contributed by atoms with E-state index in [1.807, 2.05) is 0 Å². The highest BCUT2D eigenvalue weighted by Gasteiger charge is 2.25. The van der Waals surface area contributed by atoms with Gasteiger partial charge in [-0.15, -0.1) is 12.4 Å². The first-order chi connectivity index (χ1) is 8.08. The second kappa shape index (κ2) is 6.20. The van der Waals surface area contributed by atoms with E-state index in [0.29, 0.717) is 23.4 Å². The number of hydrogen-bond donors (Lipinski definition) is 2. The van der Waals surface area contributed by atoms with Gasteiger partial charge in [0.1, 0.15) is 0 Å². The van der Waals surface area contributed by atoms with Gasteiger partial charge in [0, 0.05) is 19.0 Å². The number of oxazole rings is 1. The van der Waals surface area contributed by atoms with Crippen molar-refractivity contribution in [1.82, 2.24) is 15.6 Å². The number of nitrogens with one attached hydrogen (secondary N) is 2. The summed E-state index contributed by atoms with van der Waals surface area (Å²) < 4.78 is 5.31. The van der Waals surface area contributed by atoms with E-state index >= 15 is 0 Å². The van der Waals surface area contributed by atoms with Gasteiger partial charge in [-0.05, 0) is 33.2 Å². The topological polar surface area (TPSA) is 67.2 Å². The lowest BCUT2D eigenvalue weighted by Gasteiger charge is -2.30. The molecule has 2 unspecified atom stereocenters. The Bertz CT molecular complexity index is 419. The molecule has 0 aromatic carbocycles. The van der Waals surface area contributed by atoms with Crippen molar-refractivity contribution in [2.75, 3.05) is 6.54 Å². The van der Waals surface area contributed by atoms with Crippen molar-refractivity contribution >= 4 is 18.3 Å². The molecule has 1 aromatic rings. The molecule has 1 amide bonds. The maximum Gasteiger partial charge on any atom is 0.289 e. The molecule has 2 rings (SSSR count). The molecule has 1 aromatic heterocycles. The van der Waals surface area contributed by atoms with Crippen LogP contribution in [0.15, 0.2) is 4.42 Å². The van der Waals surface area contributed by atoms with Crippen LogP contribution in [-0.2, 0) is 0 Å². The molecular formula is C12H20ClN3O2.